The van der Waals surface area contributed by atoms with Crippen LogP contribution in [-0.2, 0) is 7.05 Å². The second-order valence-electron chi connectivity index (χ2n) is 8.65. The van der Waals surface area contributed by atoms with Crippen molar-refractivity contribution in [2.45, 2.75) is 38.6 Å². The highest BCUT2D eigenvalue weighted by Gasteiger charge is 2.51. The predicted molar refractivity (Wildman–Crippen MR) is 104 cm³/mol. The molecular weight excluding hydrogens is 376 g/mol. The number of rotatable bonds is 3. The number of aryl methyl sites for hydroxylation is 1. The topological polar surface area (TPSA) is 54.3 Å². The molecule has 3 heterocycles. The van der Waals surface area contributed by atoms with Crippen molar-refractivity contribution in [3.05, 3.63) is 47.5 Å². The van der Waals surface area contributed by atoms with Gasteiger partial charge in [0.15, 0.2) is 0 Å². The number of amides is 1. The Hall–Kier alpha value is -2.35. The molecule has 0 saturated carbocycles. The Bertz CT molecular complexity index is 904. The molecule has 2 aliphatic heterocycles. The highest BCUT2D eigenvalue weighted by atomic mass is 19.1. The Morgan fingerprint density at radius 3 is 2.59 bits per heavy atom. The third-order valence-electron chi connectivity index (χ3n) is 6.67. The van der Waals surface area contributed by atoms with E-state index in [2.05, 4.69) is 28.9 Å². The molecule has 1 unspecified atom stereocenters. The summed E-state index contributed by atoms with van der Waals surface area (Å²) in [4.78, 5) is 16.9. The van der Waals surface area contributed by atoms with Gasteiger partial charge in [0.25, 0.3) is 5.91 Å². The van der Waals surface area contributed by atoms with Gasteiger partial charge in [0.1, 0.15) is 23.8 Å². The van der Waals surface area contributed by atoms with E-state index in [9.17, 15) is 13.6 Å². The molecule has 0 radical (unpaired) electrons. The Morgan fingerprint density at radius 1 is 1.24 bits per heavy atom. The molecule has 1 spiro atoms. The van der Waals surface area contributed by atoms with Crippen molar-refractivity contribution in [2.24, 2.45) is 12.5 Å². The number of nitrogens with zero attached hydrogens (tertiary/aromatic N) is 5. The summed E-state index contributed by atoms with van der Waals surface area (Å²) in [6.45, 7) is 7.29. The molecule has 8 heteroatoms. The fourth-order valence-corrected chi connectivity index (χ4v) is 4.86. The van der Waals surface area contributed by atoms with Crippen molar-refractivity contribution < 1.29 is 13.6 Å². The number of piperidine rings is 1. The van der Waals surface area contributed by atoms with Gasteiger partial charge in [0, 0.05) is 45.2 Å². The highest BCUT2D eigenvalue weighted by molar-refractivity contribution is 5.94. The molecular formula is C21H27F2N5O. The van der Waals surface area contributed by atoms with E-state index >= 15 is 0 Å². The number of carbonyl (C=O) groups is 1. The molecule has 2 fully saturated rings. The Kier molecular flexibility index (Phi) is 5.14. The van der Waals surface area contributed by atoms with Crippen molar-refractivity contribution in [2.75, 3.05) is 26.2 Å². The number of aromatic nitrogens is 3. The summed E-state index contributed by atoms with van der Waals surface area (Å²) in [5.41, 5.74) is -0.191. The molecule has 2 aliphatic rings. The van der Waals surface area contributed by atoms with Crippen molar-refractivity contribution in [1.29, 1.82) is 0 Å². The Balaban J connectivity index is 1.55. The molecule has 156 valence electrons. The van der Waals surface area contributed by atoms with Gasteiger partial charge in [-0.15, -0.1) is 10.2 Å². The lowest BCUT2D eigenvalue weighted by atomic mass is 9.70. The van der Waals surface area contributed by atoms with Gasteiger partial charge in [-0.25, -0.2) is 8.78 Å². The average molecular weight is 403 g/mol. The molecule has 0 bridgehead atoms. The maximum Gasteiger partial charge on any atom is 0.256 e. The van der Waals surface area contributed by atoms with E-state index in [1.807, 2.05) is 11.6 Å². The summed E-state index contributed by atoms with van der Waals surface area (Å²) in [6, 6.07) is 3.45. The average Bonchev–Trinajstić information content (AvgIpc) is 3.27. The van der Waals surface area contributed by atoms with E-state index in [0.717, 1.165) is 50.0 Å². The lowest BCUT2D eigenvalue weighted by Gasteiger charge is -2.42. The van der Waals surface area contributed by atoms with Crippen molar-refractivity contribution in [3.63, 3.8) is 0 Å². The van der Waals surface area contributed by atoms with Gasteiger partial charge in [-0.2, -0.15) is 0 Å². The molecule has 1 aromatic carbocycles. The van der Waals surface area contributed by atoms with Crippen LogP contribution in [0.15, 0.2) is 24.5 Å². The molecule has 6 nitrogen and oxygen atoms in total. The fraction of sp³-hybridized carbons (Fsp3) is 0.571. The van der Waals surface area contributed by atoms with E-state index in [0.29, 0.717) is 19.1 Å². The lowest BCUT2D eigenvalue weighted by molar-refractivity contribution is 0.0545. The van der Waals surface area contributed by atoms with Crippen LogP contribution in [0.3, 0.4) is 0 Å². The molecule has 2 aromatic rings. The minimum Gasteiger partial charge on any atom is -0.339 e. The summed E-state index contributed by atoms with van der Waals surface area (Å²) < 4.78 is 29.6. The van der Waals surface area contributed by atoms with Gasteiger partial charge in [-0.1, -0.05) is 0 Å². The van der Waals surface area contributed by atoms with Crippen molar-refractivity contribution >= 4 is 5.91 Å². The maximum atomic E-state index is 14.1. The minimum atomic E-state index is -0.680. The molecule has 1 atom stereocenters. The normalized spacial score (nSPS) is 22.0. The van der Waals surface area contributed by atoms with Crippen LogP contribution in [0.2, 0.25) is 0 Å². The molecule has 4 rings (SSSR count). The smallest absolute Gasteiger partial charge is 0.256 e. The summed E-state index contributed by atoms with van der Waals surface area (Å²) in [5, 5.41) is 8.45. The van der Waals surface area contributed by atoms with Gasteiger partial charge in [-0.05, 0) is 50.3 Å². The molecule has 29 heavy (non-hydrogen) atoms. The number of hydrogen-bond acceptors (Lipinski definition) is 4. The monoisotopic (exact) mass is 403 g/mol. The quantitative estimate of drug-likeness (QED) is 0.791. The first-order chi connectivity index (χ1) is 13.8. The number of carbonyl (C=O) groups excluding carboxylic acids is 1. The van der Waals surface area contributed by atoms with Crippen LogP contribution in [0.25, 0.3) is 0 Å². The zero-order valence-corrected chi connectivity index (χ0v) is 17.1. The third kappa shape index (κ3) is 3.54. The van der Waals surface area contributed by atoms with Crippen LogP contribution >= 0.6 is 0 Å². The van der Waals surface area contributed by atoms with Crippen molar-refractivity contribution in [3.8, 4) is 0 Å². The largest absolute Gasteiger partial charge is 0.339 e. The van der Waals surface area contributed by atoms with Crippen LogP contribution in [0.1, 0.15) is 48.8 Å². The van der Waals surface area contributed by atoms with Gasteiger partial charge in [-0.3, -0.25) is 9.69 Å². The van der Waals surface area contributed by atoms with Crippen LogP contribution in [-0.4, -0.2) is 62.7 Å². The van der Waals surface area contributed by atoms with Crippen LogP contribution in [0, 0.1) is 17.0 Å². The molecule has 0 aliphatic carbocycles. The zero-order chi connectivity index (χ0) is 20.8. The van der Waals surface area contributed by atoms with Crippen molar-refractivity contribution in [1.82, 2.24) is 24.6 Å². The highest BCUT2D eigenvalue weighted by Crippen LogP contribution is 2.49. The van der Waals surface area contributed by atoms with E-state index in [4.69, 9.17) is 0 Å². The maximum absolute atomic E-state index is 14.1. The number of hydrogen-bond donors (Lipinski definition) is 0. The molecule has 1 amide bonds. The first kappa shape index (κ1) is 19.9. The fourth-order valence-electron chi connectivity index (χ4n) is 4.86. The molecule has 2 saturated heterocycles. The summed E-state index contributed by atoms with van der Waals surface area (Å²) in [6.07, 6.45) is 3.33. The lowest BCUT2D eigenvalue weighted by Crippen LogP contribution is -2.46. The van der Waals surface area contributed by atoms with Crippen LogP contribution < -0.4 is 0 Å². The van der Waals surface area contributed by atoms with E-state index in [1.165, 1.54) is 0 Å². The van der Waals surface area contributed by atoms with Crippen LogP contribution in [0.4, 0.5) is 8.78 Å². The van der Waals surface area contributed by atoms with Crippen LogP contribution in [0.5, 0.6) is 0 Å². The summed E-state index contributed by atoms with van der Waals surface area (Å²) in [7, 11) is 1.96. The standard InChI is InChI=1S/C21H27F2N5O/c1-14(2)28-11-17(19-25-24-13-26(19)3)21(12-28)6-8-27(9-7-21)20(29)16-10-15(22)4-5-18(16)23/h4-5,10,13-14,17H,6-9,11-12H2,1-3H3. The first-order valence-electron chi connectivity index (χ1n) is 10.1. The number of halogens is 2. The van der Waals surface area contributed by atoms with E-state index in [1.54, 1.807) is 11.2 Å². The Labute approximate surface area is 169 Å². The number of likely N-dealkylation sites (tertiary alicyclic amines) is 2. The molecule has 0 N–H and O–H groups in total. The zero-order valence-electron chi connectivity index (χ0n) is 17.1. The predicted octanol–water partition coefficient (Wildman–Crippen LogP) is 2.82. The third-order valence-corrected chi connectivity index (χ3v) is 6.67. The summed E-state index contributed by atoms with van der Waals surface area (Å²) >= 11 is 0. The summed E-state index contributed by atoms with van der Waals surface area (Å²) in [5.74, 6) is -0.509. The van der Waals surface area contributed by atoms with E-state index < -0.39 is 17.5 Å². The SMILES string of the molecule is CC(C)N1CC(c2nncn2C)C2(CCN(C(=O)c3cc(F)ccc3F)CC2)C1. The van der Waals surface area contributed by atoms with E-state index in [-0.39, 0.29) is 16.9 Å². The number of benzene rings is 1. The minimum absolute atomic E-state index is 0.00231. The van der Waals surface area contributed by atoms with Gasteiger partial charge in [0.05, 0.1) is 5.56 Å². The molecule has 1 aromatic heterocycles. The first-order valence-corrected chi connectivity index (χ1v) is 10.1. The Morgan fingerprint density at radius 2 is 1.97 bits per heavy atom. The second-order valence-corrected chi connectivity index (χ2v) is 8.65. The van der Waals surface area contributed by atoms with Gasteiger partial charge in [0.2, 0.25) is 0 Å². The van der Waals surface area contributed by atoms with Gasteiger partial charge < -0.3 is 9.47 Å². The van der Waals surface area contributed by atoms with Gasteiger partial charge >= 0.3 is 0 Å². The second kappa shape index (κ2) is 7.48.